The average Bonchev–Trinajstić information content (AvgIpc) is 2.79. The number of guanidine groups is 1. The zero-order chi connectivity index (χ0) is 14.9. The van der Waals surface area contributed by atoms with Gasteiger partial charge in [-0.25, -0.2) is 4.39 Å². The zero-order valence-electron chi connectivity index (χ0n) is 12.7. The van der Waals surface area contributed by atoms with E-state index in [0.717, 1.165) is 31.0 Å². The standard InChI is InChI=1S/C17H24FN3/c1-2-4-13-7-9-17(10-8-13)12-20-16(19)21(17)15-6-3-5-14(18)11-15/h3,5-6,11,13H,2,4,7-10,12H2,1H3,(H2,19,20). The maximum atomic E-state index is 13.6. The molecule has 0 saturated heterocycles. The molecule has 3 rings (SSSR count). The Bertz CT molecular complexity index is 533. The topological polar surface area (TPSA) is 41.6 Å². The molecule has 0 unspecified atom stereocenters. The molecule has 1 fully saturated rings. The second-order valence-electron chi connectivity index (χ2n) is 6.45. The van der Waals surface area contributed by atoms with E-state index in [2.05, 4.69) is 16.8 Å². The van der Waals surface area contributed by atoms with Gasteiger partial charge in [0.1, 0.15) is 5.82 Å². The third-order valence-corrected chi connectivity index (χ3v) is 5.04. The maximum Gasteiger partial charge on any atom is 0.196 e. The normalized spacial score (nSPS) is 29.0. The summed E-state index contributed by atoms with van der Waals surface area (Å²) in [4.78, 5) is 6.55. The Balaban J connectivity index is 1.83. The van der Waals surface area contributed by atoms with E-state index in [1.807, 2.05) is 6.07 Å². The highest BCUT2D eigenvalue weighted by Crippen LogP contribution is 2.42. The van der Waals surface area contributed by atoms with Crippen LogP contribution in [0.15, 0.2) is 29.3 Å². The lowest BCUT2D eigenvalue weighted by Crippen LogP contribution is -2.53. The summed E-state index contributed by atoms with van der Waals surface area (Å²) in [6.07, 6.45) is 7.21. The summed E-state index contributed by atoms with van der Waals surface area (Å²) in [6, 6.07) is 6.70. The molecule has 0 amide bonds. The molecule has 1 spiro atoms. The molecule has 0 bridgehead atoms. The van der Waals surface area contributed by atoms with Crippen LogP contribution in [0.2, 0.25) is 0 Å². The van der Waals surface area contributed by atoms with Crippen LogP contribution in [0.25, 0.3) is 0 Å². The van der Waals surface area contributed by atoms with Gasteiger partial charge in [-0.2, -0.15) is 0 Å². The molecule has 2 N–H and O–H groups in total. The van der Waals surface area contributed by atoms with Gasteiger partial charge in [-0.05, 0) is 49.8 Å². The number of nitrogens with zero attached hydrogens (tertiary/aromatic N) is 2. The first-order valence-corrected chi connectivity index (χ1v) is 8.00. The average molecular weight is 289 g/mol. The molecule has 1 aromatic rings. The monoisotopic (exact) mass is 289 g/mol. The van der Waals surface area contributed by atoms with Crippen molar-refractivity contribution < 1.29 is 4.39 Å². The number of nitrogens with two attached hydrogens (primary N) is 1. The highest BCUT2D eigenvalue weighted by molar-refractivity contribution is 5.98. The number of rotatable bonds is 3. The molecule has 3 nitrogen and oxygen atoms in total. The van der Waals surface area contributed by atoms with Crippen LogP contribution in [-0.2, 0) is 0 Å². The molecule has 0 atom stereocenters. The van der Waals surface area contributed by atoms with Gasteiger partial charge in [-0.1, -0.05) is 25.8 Å². The minimum Gasteiger partial charge on any atom is -0.369 e. The van der Waals surface area contributed by atoms with Crippen molar-refractivity contribution in [2.45, 2.75) is 51.0 Å². The van der Waals surface area contributed by atoms with E-state index in [1.54, 1.807) is 12.1 Å². The van der Waals surface area contributed by atoms with Crippen molar-refractivity contribution in [2.24, 2.45) is 16.6 Å². The third-order valence-electron chi connectivity index (χ3n) is 5.04. The summed E-state index contributed by atoms with van der Waals surface area (Å²) >= 11 is 0. The molecule has 1 heterocycles. The van der Waals surface area contributed by atoms with Gasteiger partial charge in [-0.3, -0.25) is 4.99 Å². The number of anilines is 1. The van der Waals surface area contributed by atoms with Crippen molar-refractivity contribution >= 4 is 11.6 Å². The molecule has 114 valence electrons. The molecule has 1 saturated carbocycles. The van der Waals surface area contributed by atoms with Crippen molar-refractivity contribution in [1.29, 1.82) is 0 Å². The Kier molecular flexibility index (Phi) is 3.87. The van der Waals surface area contributed by atoms with Crippen LogP contribution in [0.3, 0.4) is 0 Å². The fourth-order valence-corrected chi connectivity index (χ4v) is 3.93. The van der Waals surface area contributed by atoms with Crippen molar-refractivity contribution in [2.75, 3.05) is 11.4 Å². The van der Waals surface area contributed by atoms with Gasteiger partial charge in [-0.15, -0.1) is 0 Å². The summed E-state index contributed by atoms with van der Waals surface area (Å²) in [5.74, 6) is 1.15. The van der Waals surface area contributed by atoms with Gasteiger partial charge < -0.3 is 10.6 Å². The van der Waals surface area contributed by atoms with E-state index in [9.17, 15) is 4.39 Å². The van der Waals surface area contributed by atoms with Crippen LogP contribution >= 0.6 is 0 Å². The summed E-state index contributed by atoms with van der Waals surface area (Å²) in [5.41, 5.74) is 6.92. The molecule has 0 radical (unpaired) electrons. The molecule has 1 aliphatic carbocycles. The minimum atomic E-state index is -0.220. The van der Waals surface area contributed by atoms with Gasteiger partial charge in [0.25, 0.3) is 0 Å². The Morgan fingerprint density at radius 2 is 2.14 bits per heavy atom. The van der Waals surface area contributed by atoms with Gasteiger partial charge in [0.2, 0.25) is 0 Å². The lowest BCUT2D eigenvalue weighted by Gasteiger charge is -2.44. The van der Waals surface area contributed by atoms with Gasteiger partial charge in [0, 0.05) is 5.69 Å². The number of benzene rings is 1. The molecular weight excluding hydrogens is 265 g/mol. The fourth-order valence-electron chi connectivity index (χ4n) is 3.93. The highest BCUT2D eigenvalue weighted by Gasteiger charge is 2.45. The first-order valence-electron chi connectivity index (χ1n) is 8.00. The molecule has 4 heteroatoms. The molecule has 2 aliphatic rings. The number of hydrogen-bond acceptors (Lipinski definition) is 3. The molecule has 1 aromatic carbocycles. The third kappa shape index (κ3) is 2.63. The summed E-state index contributed by atoms with van der Waals surface area (Å²) < 4.78 is 13.6. The Hall–Kier alpha value is -1.58. The Morgan fingerprint density at radius 1 is 1.38 bits per heavy atom. The maximum absolute atomic E-state index is 13.6. The van der Waals surface area contributed by atoms with E-state index in [4.69, 9.17) is 5.73 Å². The van der Waals surface area contributed by atoms with Crippen molar-refractivity contribution in [3.8, 4) is 0 Å². The highest BCUT2D eigenvalue weighted by atomic mass is 19.1. The van der Waals surface area contributed by atoms with Crippen molar-refractivity contribution in [3.63, 3.8) is 0 Å². The fraction of sp³-hybridized carbons (Fsp3) is 0.588. The van der Waals surface area contributed by atoms with Crippen LogP contribution in [0.5, 0.6) is 0 Å². The van der Waals surface area contributed by atoms with E-state index in [1.165, 1.54) is 31.7 Å². The quantitative estimate of drug-likeness (QED) is 0.922. The van der Waals surface area contributed by atoms with Gasteiger partial charge >= 0.3 is 0 Å². The largest absolute Gasteiger partial charge is 0.369 e. The summed E-state index contributed by atoms with van der Waals surface area (Å²) in [5, 5.41) is 0. The van der Waals surface area contributed by atoms with Crippen LogP contribution < -0.4 is 10.6 Å². The minimum absolute atomic E-state index is 0.0257. The zero-order valence-corrected chi connectivity index (χ0v) is 12.7. The molecule has 21 heavy (non-hydrogen) atoms. The van der Waals surface area contributed by atoms with Crippen LogP contribution in [0.4, 0.5) is 10.1 Å². The molecule has 0 aromatic heterocycles. The first kappa shape index (κ1) is 14.4. The van der Waals surface area contributed by atoms with Gasteiger partial charge in [0.15, 0.2) is 5.96 Å². The van der Waals surface area contributed by atoms with Crippen molar-refractivity contribution in [1.82, 2.24) is 0 Å². The Morgan fingerprint density at radius 3 is 2.81 bits per heavy atom. The second-order valence-corrected chi connectivity index (χ2v) is 6.45. The summed E-state index contributed by atoms with van der Waals surface area (Å²) in [7, 11) is 0. The number of aliphatic imine (C=N–C) groups is 1. The van der Waals surface area contributed by atoms with Crippen LogP contribution in [-0.4, -0.2) is 18.0 Å². The number of hydrogen-bond donors (Lipinski definition) is 1. The molecular formula is C17H24FN3. The molecule has 1 aliphatic heterocycles. The van der Waals surface area contributed by atoms with E-state index >= 15 is 0 Å². The van der Waals surface area contributed by atoms with Gasteiger partial charge in [0.05, 0.1) is 12.1 Å². The van der Waals surface area contributed by atoms with Crippen LogP contribution in [0.1, 0.15) is 45.4 Å². The van der Waals surface area contributed by atoms with Crippen molar-refractivity contribution in [3.05, 3.63) is 30.1 Å². The second kappa shape index (κ2) is 5.66. The first-order chi connectivity index (χ1) is 10.1. The number of halogens is 1. The Labute approximate surface area is 126 Å². The van der Waals surface area contributed by atoms with E-state index < -0.39 is 0 Å². The smallest absolute Gasteiger partial charge is 0.196 e. The SMILES string of the molecule is CCCC1CCC2(CC1)CN=C(N)N2c1cccc(F)c1. The van der Waals surface area contributed by atoms with Crippen LogP contribution in [0, 0.1) is 11.7 Å². The predicted molar refractivity (Wildman–Crippen MR) is 85.0 cm³/mol. The lowest BCUT2D eigenvalue weighted by atomic mass is 9.74. The van der Waals surface area contributed by atoms with E-state index in [-0.39, 0.29) is 11.4 Å². The van der Waals surface area contributed by atoms with E-state index in [0.29, 0.717) is 5.96 Å². The summed E-state index contributed by atoms with van der Waals surface area (Å²) in [6.45, 7) is 2.99. The predicted octanol–water partition coefficient (Wildman–Crippen LogP) is 3.69. The lowest BCUT2D eigenvalue weighted by molar-refractivity contribution is 0.238.